The molecule has 5 nitrogen and oxygen atoms in total. The smallest absolute Gasteiger partial charge is 0.256 e. The van der Waals surface area contributed by atoms with E-state index in [0.29, 0.717) is 11.3 Å². The lowest BCUT2D eigenvalue weighted by molar-refractivity contribution is -0.122. The molecule has 0 heterocycles. The minimum atomic E-state index is -0.431. The van der Waals surface area contributed by atoms with Gasteiger partial charge in [0.25, 0.3) is 5.91 Å². The summed E-state index contributed by atoms with van der Waals surface area (Å²) in [4.78, 5) is 13.1. The van der Waals surface area contributed by atoms with Crippen molar-refractivity contribution in [3.05, 3.63) is 29.8 Å². The molecule has 0 saturated carbocycles. The summed E-state index contributed by atoms with van der Waals surface area (Å²) >= 11 is 0. The molecule has 1 unspecified atom stereocenters. The third-order valence-corrected chi connectivity index (χ3v) is 2.51. The van der Waals surface area contributed by atoms with Gasteiger partial charge in [0.05, 0.1) is 11.3 Å². The van der Waals surface area contributed by atoms with Gasteiger partial charge < -0.3 is 4.90 Å². The van der Waals surface area contributed by atoms with Gasteiger partial charge in [-0.15, -0.1) is 0 Å². The van der Waals surface area contributed by atoms with Gasteiger partial charge >= 0.3 is 0 Å². The van der Waals surface area contributed by atoms with Crippen LogP contribution in [0.2, 0.25) is 0 Å². The van der Waals surface area contributed by atoms with Gasteiger partial charge in [-0.2, -0.15) is 5.26 Å². The van der Waals surface area contributed by atoms with Crippen LogP contribution in [0.3, 0.4) is 0 Å². The quantitative estimate of drug-likeness (QED) is 0.436. The zero-order valence-electron chi connectivity index (χ0n) is 9.27. The highest BCUT2D eigenvalue weighted by Crippen LogP contribution is 2.19. The van der Waals surface area contributed by atoms with E-state index < -0.39 is 6.04 Å². The summed E-state index contributed by atoms with van der Waals surface area (Å²) in [5, 5.41) is 8.94. The number of para-hydroxylation sites is 1. The molecule has 0 spiro atoms. The molecule has 0 aliphatic carbocycles. The third kappa shape index (κ3) is 2.30. The van der Waals surface area contributed by atoms with Crippen molar-refractivity contribution in [3.63, 3.8) is 0 Å². The monoisotopic (exact) mass is 218 g/mol. The first-order valence-corrected chi connectivity index (χ1v) is 4.84. The molecule has 5 heteroatoms. The summed E-state index contributed by atoms with van der Waals surface area (Å²) in [7, 11) is 1.75. The average Bonchev–Trinajstić information content (AvgIpc) is 2.35. The molecular formula is C11H14N4O. The molecule has 0 radical (unpaired) electrons. The number of nitrogens with one attached hydrogen (secondary N) is 1. The predicted molar refractivity (Wildman–Crippen MR) is 61.4 cm³/mol. The molecule has 16 heavy (non-hydrogen) atoms. The van der Waals surface area contributed by atoms with E-state index in [1.165, 1.54) is 0 Å². The number of carbonyl (C=O) groups excluding carboxylic acids is 1. The number of amides is 1. The maximum absolute atomic E-state index is 11.4. The normalized spacial score (nSPS) is 11.4. The van der Waals surface area contributed by atoms with E-state index in [1.807, 2.05) is 6.07 Å². The first-order chi connectivity index (χ1) is 7.61. The van der Waals surface area contributed by atoms with Crippen LogP contribution in [0.4, 0.5) is 5.69 Å². The number of hydrogen-bond donors (Lipinski definition) is 2. The van der Waals surface area contributed by atoms with Crippen LogP contribution in [-0.4, -0.2) is 19.0 Å². The largest absolute Gasteiger partial charge is 0.362 e. The number of hydrazine groups is 1. The van der Waals surface area contributed by atoms with E-state index in [-0.39, 0.29) is 5.91 Å². The summed E-state index contributed by atoms with van der Waals surface area (Å²) in [6.45, 7) is 1.72. The van der Waals surface area contributed by atoms with E-state index in [4.69, 9.17) is 11.1 Å². The lowest BCUT2D eigenvalue weighted by Crippen LogP contribution is -2.46. The number of rotatable bonds is 3. The molecule has 0 bridgehead atoms. The van der Waals surface area contributed by atoms with Crippen LogP contribution in [0.15, 0.2) is 24.3 Å². The lowest BCUT2D eigenvalue weighted by atomic mass is 10.1. The van der Waals surface area contributed by atoms with Crippen LogP contribution in [0.5, 0.6) is 0 Å². The molecule has 0 saturated heterocycles. The van der Waals surface area contributed by atoms with Crippen LogP contribution in [0.25, 0.3) is 0 Å². The van der Waals surface area contributed by atoms with Crippen molar-refractivity contribution in [3.8, 4) is 6.07 Å². The highest BCUT2D eigenvalue weighted by atomic mass is 16.2. The van der Waals surface area contributed by atoms with E-state index in [9.17, 15) is 4.79 Å². The summed E-state index contributed by atoms with van der Waals surface area (Å²) in [5.74, 6) is 4.77. The van der Waals surface area contributed by atoms with Gasteiger partial charge in [0, 0.05) is 7.05 Å². The Labute approximate surface area is 94.4 Å². The number of nitriles is 1. The Balaban J connectivity index is 3.01. The van der Waals surface area contributed by atoms with Gasteiger partial charge in [-0.05, 0) is 19.1 Å². The first-order valence-electron chi connectivity index (χ1n) is 4.84. The number of benzene rings is 1. The minimum Gasteiger partial charge on any atom is -0.362 e. The average molecular weight is 218 g/mol. The number of hydrogen-bond acceptors (Lipinski definition) is 4. The van der Waals surface area contributed by atoms with E-state index >= 15 is 0 Å². The van der Waals surface area contributed by atoms with Crippen molar-refractivity contribution in [1.82, 2.24) is 5.43 Å². The Morgan fingerprint density at radius 3 is 2.75 bits per heavy atom. The molecule has 1 amide bonds. The maximum atomic E-state index is 11.4. The van der Waals surface area contributed by atoms with Gasteiger partial charge in [0.1, 0.15) is 12.1 Å². The SMILES string of the molecule is CC(C(=O)NN)N(C)c1ccccc1C#N. The number of carbonyl (C=O) groups is 1. The fourth-order valence-electron chi connectivity index (χ4n) is 1.38. The summed E-state index contributed by atoms with van der Waals surface area (Å²) in [6.07, 6.45) is 0. The standard InChI is InChI=1S/C11H14N4O/c1-8(11(16)14-13)15(2)10-6-4-3-5-9(10)7-12/h3-6,8H,13H2,1-2H3,(H,14,16). The second-order valence-electron chi connectivity index (χ2n) is 3.42. The molecule has 0 aromatic heterocycles. The topological polar surface area (TPSA) is 82.2 Å². The first kappa shape index (κ1) is 12.0. The molecular weight excluding hydrogens is 204 g/mol. The predicted octanol–water partition coefficient (Wildman–Crippen LogP) is 0.373. The van der Waals surface area contributed by atoms with Crippen molar-refractivity contribution < 1.29 is 4.79 Å². The second-order valence-corrected chi connectivity index (χ2v) is 3.42. The van der Waals surface area contributed by atoms with Crippen LogP contribution in [0, 0.1) is 11.3 Å². The zero-order valence-corrected chi connectivity index (χ0v) is 9.27. The van der Waals surface area contributed by atoms with Gasteiger partial charge in [-0.3, -0.25) is 10.2 Å². The Kier molecular flexibility index (Phi) is 3.86. The Morgan fingerprint density at radius 2 is 2.19 bits per heavy atom. The molecule has 3 N–H and O–H groups in total. The molecule has 0 aliphatic rings. The molecule has 1 aromatic rings. The summed E-state index contributed by atoms with van der Waals surface area (Å²) in [6, 6.07) is 8.75. The summed E-state index contributed by atoms with van der Waals surface area (Å²) < 4.78 is 0. The number of nitrogens with two attached hydrogens (primary N) is 1. The Bertz CT molecular complexity index is 424. The highest BCUT2D eigenvalue weighted by Gasteiger charge is 2.19. The Morgan fingerprint density at radius 1 is 1.56 bits per heavy atom. The number of nitrogens with zero attached hydrogens (tertiary/aromatic N) is 2. The molecule has 0 fully saturated rings. The van der Waals surface area contributed by atoms with E-state index in [0.717, 1.165) is 0 Å². The van der Waals surface area contributed by atoms with Crippen LogP contribution in [-0.2, 0) is 4.79 Å². The Hall–Kier alpha value is -2.06. The third-order valence-electron chi connectivity index (χ3n) is 2.51. The van der Waals surface area contributed by atoms with Gasteiger partial charge in [0.2, 0.25) is 0 Å². The molecule has 1 atom stereocenters. The van der Waals surface area contributed by atoms with Gasteiger partial charge in [0.15, 0.2) is 0 Å². The van der Waals surface area contributed by atoms with Crippen LogP contribution in [0.1, 0.15) is 12.5 Å². The van der Waals surface area contributed by atoms with Gasteiger partial charge in [-0.1, -0.05) is 12.1 Å². The van der Waals surface area contributed by atoms with E-state index in [1.54, 1.807) is 37.1 Å². The van der Waals surface area contributed by atoms with Crippen molar-refractivity contribution >= 4 is 11.6 Å². The minimum absolute atomic E-state index is 0.296. The summed E-state index contributed by atoms with van der Waals surface area (Å²) in [5.41, 5.74) is 3.33. The second kappa shape index (κ2) is 5.14. The molecule has 0 aliphatic heterocycles. The lowest BCUT2D eigenvalue weighted by Gasteiger charge is -2.26. The highest BCUT2D eigenvalue weighted by molar-refractivity contribution is 5.84. The molecule has 1 aromatic carbocycles. The van der Waals surface area contributed by atoms with Crippen LogP contribution >= 0.6 is 0 Å². The van der Waals surface area contributed by atoms with Gasteiger partial charge in [-0.25, -0.2) is 5.84 Å². The van der Waals surface area contributed by atoms with Crippen molar-refractivity contribution in [2.24, 2.45) is 5.84 Å². The number of likely N-dealkylation sites (N-methyl/N-ethyl adjacent to an activating group) is 1. The fourth-order valence-corrected chi connectivity index (χ4v) is 1.38. The van der Waals surface area contributed by atoms with Crippen molar-refractivity contribution in [1.29, 1.82) is 5.26 Å². The van der Waals surface area contributed by atoms with Crippen LogP contribution < -0.4 is 16.2 Å². The van der Waals surface area contributed by atoms with Crippen molar-refractivity contribution in [2.45, 2.75) is 13.0 Å². The van der Waals surface area contributed by atoms with E-state index in [2.05, 4.69) is 11.5 Å². The maximum Gasteiger partial charge on any atom is 0.256 e. The molecule has 1 rings (SSSR count). The van der Waals surface area contributed by atoms with Crippen molar-refractivity contribution in [2.75, 3.05) is 11.9 Å². The molecule has 84 valence electrons. The zero-order chi connectivity index (χ0) is 12.1. The number of anilines is 1. The fraction of sp³-hybridized carbons (Fsp3) is 0.273.